The molecule has 0 heterocycles. The molecule has 0 amide bonds. The Morgan fingerprint density at radius 1 is 1.50 bits per heavy atom. The van der Waals surface area contributed by atoms with Crippen LogP contribution in [0, 0.1) is 5.41 Å². The Morgan fingerprint density at radius 2 is 1.92 bits per heavy atom. The van der Waals surface area contributed by atoms with Crippen molar-refractivity contribution in [3.05, 3.63) is 0 Å². The van der Waals surface area contributed by atoms with Gasteiger partial charge in [-0.15, -0.1) is 0 Å². The van der Waals surface area contributed by atoms with Crippen LogP contribution in [-0.2, 0) is 4.79 Å². The molecule has 0 saturated heterocycles. The van der Waals surface area contributed by atoms with E-state index in [1.54, 1.807) is 0 Å². The summed E-state index contributed by atoms with van der Waals surface area (Å²) in [4.78, 5) is 11.2. The second-order valence-corrected chi connectivity index (χ2v) is 4.41. The fourth-order valence-corrected chi connectivity index (χ4v) is 1.10. The molecule has 3 nitrogen and oxygen atoms in total. The SMILES string of the molecule is CC(C)(C)C(=O)CSC(N)=[NH2+].[Br-]. The van der Waals surface area contributed by atoms with Crippen LogP contribution in [0.3, 0.4) is 0 Å². The summed E-state index contributed by atoms with van der Waals surface area (Å²) in [6, 6.07) is 0. The lowest BCUT2D eigenvalue weighted by molar-refractivity contribution is -0.123. The van der Waals surface area contributed by atoms with Crippen LogP contribution in [0.4, 0.5) is 0 Å². The van der Waals surface area contributed by atoms with E-state index in [1.807, 2.05) is 20.8 Å². The molecule has 0 aliphatic carbocycles. The molecule has 5 heteroatoms. The minimum absolute atomic E-state index is 0. The lowest BCUT2D eigenvalue weighted by Crippen LogP contribution is -3.00. The van der Waals surface area contributed by atoms with Crippen molar-refractivity contribution >= 4 is 22.7 Å². The van der Waals surface area contributed by atoms with Gasteiger partial charge in [-0.25, -0.2) is 0 Å². The topological polar surface area (TPSA) is 68.7 Å². The number of hydrogen-bond donors (Lipinski definition) is 2. The third-order valence-electron chi connectivity index (χ3n) is 1.21. The third kappa shape index (κ3) is 6.67. The van der Waals surface area contributed by atoms with E-state index in [1.165, 1.54) is 11.8 Å². The number of halogens is 1. The van der Waals surface area contributed by atoms with Crippen LogP contribution in [-0.4, -0.2) is 16.7 Å². The van der Waals surface area contributed by atoms with E-state index < -0.39 is 0 Å². The summed E-state index contributed by atoms with van der Waals surface area (Å²) in [7, 11) is 0. The van der Waals surface area contributed by atoms with Crippen LogP contribution in [0.1, 0.15) is 20.8 Å². The summed E-state index contributed by atoms with van der Waals surface area (Å²) < 4.78 is 0. The van der Waals surface area contributed by atoms with Crippen LogP contribution in [0.5, 0.6) is 0 Å². The van der Waals surface area contributed by atoms with Gasteiger partial charge in [-0.2, -0.15) is 0 Å². The van der Waals surface area contributed by atoms with Crippen molar-refractivity contribution in [2.24, 2.45) is 11.1 Å². The fourth-order valence-electron chi connectivity index (χ4n) is 0.365. The number of Topliss-reactive ketones (excluding diaryl/α,β-unsaturated/α-hetero) is 1. The van der Waals surface area contributed by atoms with Gasteiger partial charge >= 0.3 is 0 Å². The molecule has 0 aliphatic rings. The molecule has 0 atom stereocenters. The number of hydrogen-bond acceptors (Lipinski definition) is 2. The van der Waals surface area contributed by atoms with Crippen molar-refractivity contribution in [2.75, 3.05) is 5.75 Å². The highest BCUT2D eigenvalue weighted by atomic mass is 79.9. The van der Waals surface area contributed by atoms with Gasteiger partial charge in [0.15, 0.2) is 0 Å². The van der Waals surface area contributed by atoms with Gasteiger partial charge in [0, 0.05) is 5.41 Å². The lowest BCUT2D eigenvalue weighted by atomic mass is 9.92. The fraction of sp³-hybridized carbons (Fsp3) is 0.714. The van der Waals surface area contributed by atoms with Crippen LogP contribution in [0.25, 0.3) is 0 Å². The van der Waals surface area contributed by atoms with Crippen molar-refractivity contribution in [1.29, 1.82) is 0 Å². The molecule has 0 aromatic rings. The zero-order valence-electron chi connectivity index (χ0n) is 7.56. The second-order valence-electron chi connectivity index (χ2n) is 3.36. The molecule has 0 radical (unpaired) electrons. The Balaban J connectivity index is 0. The first-order chi connectivity index (χ1) is 4.84. The van der Waals surface area contributed by atoms with Crippen molar-refractivity contribution in [1.82, 2.24) is 0 Å². The number of ketones is 1. The van der Waals surface area contributed by atoms with Gasteiger partial charge in [-0.3, -0.25) is 15.9 Å². The van der Waals surface area contributed by atoms with Crippen molar-refractivity contribution in [2.45, 2.75) is 20.8 Å². The standard InChI is InChI=1S/C7H14N2OS.BrH/c1-7(2,3)5(10)4-11-6(8)9;/h4H2,1-3H3,(H3,8,9);1H. The second kappa shape index (κ2) is 5.59. The smallest absolute Gasteiger partial charge is 0.300 e. The summed E-state index contributed by atoms with van der Waals surface area (Å²) in [5.74, 6) is 0.530. The number of rotatable bonds is 2. The molecule has 0 aromatic heterocycles. The van der Waals surface area contributed by atoms with Crippen molar-refractivity contribution in [3.8, 4) is 0 Å². The van der Waals surface area contributed by atoms with E-state index in [-0.39, 0.29) is 33.3 Å². The van der Waals surface area contributed by atoms with Crippen molar-refractivity contribution < 1.29 is 27.2 Å². The molecular formula is C7H15BrN2OS. The zero-order chi connectivity index (χ0) is 9.07. The predicted molar refractivity (Wildman–Crippen MR) is 48.0 cm³/mol. The molecule has 0 aliphatic heterocycles. The van der Waals surface area contributed by atoms with Gasteiger partial charge < -0.3 is 17.0 Å². The number of thioether (sulfide) groups is 1. The molecule has 0 spiro atoms. The molecule has 0 aromatic carbocycles. The first kappa shape index (κ1) is 14.5. The van der Waals surface area contributed by atoms with E-state index in [4.69, 9.17) is 11.1 Å². The Kier molecular flexibility index (Phi) is 6.75. The van der Waals surface area contributed by atoms with Gasteiger partial charge in [0.1, 0.15) is 5.78 Å². The van der Waals surface area contributed by atoms with Crippen LogP contribution in [0.2, 0.25) is 0 Å². The first-order valence-corrected chi connectivity index (χ1v) is 4.36. The lowest BCUT2D eigenvalue weighted by Gasteiger charge is -2.14. The molecule has 4 N–H and O–H groups in total. The first-order valence-electron chi connectivity index (χ1n) is 3.38. The highest BCUT2D eigenvalue weighted by Crippen LogP contribution is 2.16. The molecule has 0 rings (SSSR count). The predicted octanol–water partition coefficient (Wildman–Crippen LogP) is -3.59. The Bertz CT molecular complexity index is 177. The summed E-state index contributed by atoms with van der Waals surface area (Å²) in [5.41, 5.74) is 4.90. The quantitative estimate of drug-likeness (QED) is 0.396. The van der Waals surface area contributed by atoms with Crippen LogP contribution < -0.4 is 28.1 Å². The maximum Gasteiger partial charge on any atom is 0.300 e. The van der Waals surface area contributed by atoms with Gasteiger partial charge in [0.05, 0.1) is 5.75 Å². The number of carbonyl (C=O) groups excluding carboxylic acids is 1. The highest BCUT2D eigenvalue weighted by Gasteiger charge is 2.21. The largest absolute Gasteiger partial charge is 1.00 e. The van der Waals surface area contributed by atoms with Gasteiger partial charge in [0.2, 0.25) is 0 Å². The molecular weight excluding hydrogens is 240 g/mol. The van der Waals surface area contributed by atoms with Gasteiger partial charge in [0.25, 0.3) is 5.17 Å². The summed E-state index contributed by atoms with van der Waals surface area (Å²) >= 11 is 1.19. The average Bonchev–Trinajstić information content (AvgIpc) is 1.80. The minimum Gasteiger partial charge on any atom is -1.00 e. The third-order valence-corrected chi connectivity index (χ3v) is 1.95. The van der Waals surface area contributed by atoms with Crippen molar-refractivity contribution in [3.63, 3.8) is 0 Å². The van der Waals surface area contributed by atoms with E-state index in [0.717, 1.165) is 0 Å². The molecule has 0 bridgehead atoms. The van der Waals surface area contributed by atoms with Crippen LogP contribution >= 0.6 is 11.8 Å². The number of amidine groups is 1. The molecule has 0 unspecified atom stereocenters. The number of nitrogens with two attached hydrogens (primary N) is 2. The summed E-state index contributed by atoms with van der Waals surface area (Å²) in [6.45, 7) is 5.63. The highest BCUT2D eigenvalue weighted by molar-refractivity contribution is 8.14. The summed E-state index contributed by atoms with van der Waals surface area (Å²) in [5, 5.41) is 5.44. The van der Waals surface area contributed by atoms with Crippen LogP contribution in [0.15, 0.2) is 0 Å². The van der Waals surface area contributed by atoms with E-state index in [0.29, 0.717) is 5.75 Å². The molecule has 12 heavy (non-hydrogen) atoms. The van der Waals surface area contributed by atoms with E-state index in [2.05, 4.69) is 0 Å². The number of carbonyl (C=O) groups is 1. The average molecular weight is 255 g/mol. The molecule has 0 fully saturated rings. The molecule has 72 valence electrons. The monoisotopic (exact) mass is 254 g/mol. The maximum absolute atomic E-state index is 11.2. The zero-order valence-corrected chi connectivity index (χ0v) is 9.96. The van der Waals surface area contributed by atoms with Gasteiger partial charge in [-0.1, -0.05) is 20.8 Å². The minimum atomic E-state index is -0.289. The Morgan fingerprint density at radius 3 is 2.17 bits per heavy atom. The Labute approximate surface area is 87.8 Å². The maximum atomic E-state index is 11.2. The van der Waals surface area contributed by atoms with Gasteiger partial charge in [-0.05, 0) is 11.8 Å². The molecule has 0 saturated carbocycles. The van der Waals surface area contributed by atoms with E-state index in [9.17, 15) is 4.79 Å². The normalized spacial score (nSPS) is 10.2. The summed E-state index contributed by atoms with van der Waals surface area (Å²) in [6.07, 6.45) is 0. The van der Waals surface area contributed by atoms with E-state index >= 15 is 0 Å². The Hall–Kier alpha value is -0.0300.